The van der Waals surface area contributed by atoms with Crippen LogP contribution in [0.4, 0.5) is 11.4 Å². The van der Waals surface area contributed by atoms with Crippen molar-refractivity contribution in [3.05, 3.63) is 68.2 Å². The van der Waals surface area contributed by atoms with E-state index in [0.717, 1.165) is 11.8 Å². The van der Waals surface area contributed by atoms with E-state index in [9.17, 15) is 25.3 Å². The van der Waals surface area contributed by atoms with Crippen LogP contribution in [-0.4, -0.2) is 47.0 Å². The minimum absolute atomic E-state index is 0.110. The Balaban J connectivity index is 1.76. The van der Waals surface area contributed by atoms with Gasteiger partial charge in [-0.1, -0.05) is 18.2 Å². The normalized spacial score (nSPS) is 14.4. The number of para-hydroxylation sites is 1. The van der Waals surface area contributed by atoms with Crippen molar-refractivity contribution in [2.24, 2.45) is 0 Å². The number of benzene rings is 2. The first-order valence-corrected chi connectivity index (χ1v) is 9.58. The van der Waals surface area contributed by atoms with E-state index in [1.54, 1.807) is 4.90 Å². The highest BCUT2D eigenvalue weighted by molar-refractivity contribution is 9.10. The lowest BCUT2D eigenvalue weighted by Gasteiger charge is -2.36. The van der Waals surface area contributed by atoms with Gasteiger partial charge < -0.3 is 14.9 Å². The third kappa shape index (κ3) is 4.55. The molecule has 0 radical (unpaired) electrons. The Morgan fingerprint density at radius 1 is 1.21 bits per heavy atom. The third-order valence-electron chi connectivity index (χ3n) is 4.61. The van der Waals surface area contributed by atoms with Gasteiger partial charge in [0.15, 0.2) is 0 Å². The molecule has 0 spiro atoms. The van der Waals surface area contributed by atoms with Gasteiger partial charge in [-0.3, -0.25) is 14.9 Å². The van der Waals surface area contributed by atoms with Crippen LogP contribution >= 0.6 is 15.9 Å². The van der Waals surface area contributed by atoms with Crippen molar-refractivity contribution in [1.29, 1.82) is 5.26 Å². The molecule has 1 amide bonds. The number of phenolic OH excluding ortho intramolecular Hbond substituents is 1. The van der Waals surface area contributed by atoms with Crippen molar-refractivity contribution in [3.63, 3.8) is 0 Å². The molecule has 1 saturated heterocycles. The quantitative estimate of drug-likeness (QED) is 0.327. The highest BCUT2D eigenvalue weighted by Crippen LogP contribution is 2.35. The third-order valence-corrected chi connectivity index (χ3v) is 5.22. The van der Waals surface area contributed by atoms with Crippen LogP contribution in [0.15, 0.2) is 52.5 Å². The number of nitrogens with zero attached hydrogens (tertiary/aromatic N) is 4. The topological polar surface area (TPSA) is 111 Å². The van der Waals surface area contributed by atoms with Gasteiger partial charge in [0.25, 0.3) is 5.91 Å². The molecule has 1 aliphatic heterocycles. The standard InChI is InChI=1S/C20H17BrN4O4/c21-17-11-14(12-18(19(17)26)25(28)29)10-15(13-22)20(27)24-8-6-23(7-9-24)16-4-2-1-3-5-16/h1-5,10-12,26H,6-9H2/b15-10-. The number of hydrogen-bond donors (Lipinski definition) is 1. The first-order valence-electron chi connectivity index (χ1n) is 8.78. The number of halogens is 1. The number of carbonyl (C=O) groups is 1. The number of anilines is 1. The second-order valence-electron chi connectivity index (χ2n) is 6.41. The van der Waals surface area contributed by atoms with Gasteiger partial charge >= 0.3 is 5.69 Å². The van der Waals surface area contributed by atoms with Gasteiger partial charge in [0.05, 0.1) is 9.40 Å². The predicted molar refractivity (Wildman–Crippen MR) is 111 cm³/mol. The lowest BCUT2D eigenvalue weighted by molar-refractivity contribution is -0.386. The van der Waals surface area contributed by atoms with Crippen molar-refractivity contribution in [1.82, 2.24) is 4.90 Å². The molecular formula is C20H17BrN4O4. The summed E-state index contributed by atoms with van der Waals surface area (Å²) in [4.78, 5) is 26.9. The molecule has 9 heteroatoms. The fourth-order valence-corrected chi connectivity index (χ4v) is 3.58. The van der Waals surface area contributed by atoms with E-state index in [1.807, 2.05) is 36.4 Å². The van der Waals surface area contributed by atoms with E-state index in [0.29, 0.717) is 26.2 Å². The van der Waals surface area contributed by atoms with E-state index < -0.39 is 22.3 Å². The number of piperazine rings is 1. The maximum absolute atomic E-state index is 12.8. The van der Waals surface area contributed by atoms with Gasteiger partial charge in [-0.15, -0.1) is 0 Å². The molecule has 8 nitrogen and oxygen atoms in total. The molecule has 2 aromatic carbocycles. The summed E-state index contributed by atoms with van der Waals surface area (Å²) in [5, 5.41) is 30.3. The lowest BCUT2D eigenvalue weighted by Crippen LogP contribution is -2.49. The molecule has 0 saturated carbocycles. The number of hydrogen-bond acceptors (Lipinski definition) is 6. The summed E-state index contributed by atoms with van der Waals surface area (Å²) in [7, 11) is 0. The number of nitro benzene ring substituents is 1. The highest BCUT2D eigenvalue weighted by Gasteiger charge is 2.24. The molecule has 0 aliphatic carbocycles. The van der Waals surface area contributed by atoms with Gasteiger partial charge in [0, 0.05) is 37.9 Å². The van der Waals surface area contributed by atoms with Crippen LogP contribution in [0.3, 0.4) is 0 Å². The van der Waals surface area contributed by atoms with Crippen LogP contribution in [0, 0.1) is 21.4 Å². The second kappa shape index (κ2) is 8.75. The van der Waals surface area contributed by atoms with Crippen LogP contribution in [0.1, 0.15) is 5.56 Å². The second-order valence-corrected chi connectivity index (χ2v) is 7.27. The molecule has 1 heterocycles. The molecule has 1 aliphatic rings. The molecule has 0 aromatic heterocycles. The Labute approximate surface area is 175 Å². The number of nitriles is 1. The number of nitro groups is 1. The Morgan fingerprint density at radius 3 is 2.45 bits per heavy atom. The largest absolute Gasteiger partial charge is 0.501 e. The van der Waals surface area contributed by atoms with Crippen molar-refractivity contribution < 1.29 is 14.8 Å². The van der Waals surface area contributed by atoms with Gasteiger partial charge in [-0.2, -0.15) is 5.26 Å². The summed E-state index contributed by atoms with van der Waals surface area (Å²) >= 11 is 3.05. The number of carbonyl (C=O) groups excluding carboxylic acids is 1. The fourth-order valence-electron chi connectivity index (χ4n) is 3.11. The molecule has 1 N–H and O–H groups in total. The number of aromatic hydroxyl groups is 1. The van der Waals surface area contributed by atoms with Crippen molar-refractivity contribution in [3.8, 4) is 11.8 Å². The van der Waals surface area contributed by atoms with Crippen molar-refractivity contribution in [2.75, 3.05) is 31.1 Å². The van der Waals surface area contributed by atoms with Gasteiger partial charge in [-0.05, 0) is 45.8 Å². The van der Waals surface area contributed by atoms with Crippen LogP contribution in [0.25, 0.3) is 6.08 Å². The average molecular weight is 457 g/mol. The maximum Gasteiger partial charge on any atom is 0.312 e. The molecule has 3 rings (SSSR count). The molecule has 148 valence electrons. The van der Waals surface area contributed by atoms with E-state index in [-0.39, 0.29) is 15.6 Å². The van der Waals surface area contributed by atoms with Gasteiger partial charge in [-0.25, -0.2) is 0 Å². The summed E-state index contributed by atoms with van der Waals surface area (Å²) in [5.41, 5.74) is 0.725. The van der Waals surface area contributed by atoms with E-state index in [2.05, 4.69) is 20.8 Å². The summed E-state index contributed by atoms with van der Waals surface area (Å²) in [6.45, 7) is 2.22. The summed E-state index contributed by atoms with van der Waals surface area (Å²) in [5.74, 6) is -0.930. The summed E-state index contributed by atoms with van der Waals surface area (Å²) < 4.78 is 0.110. The molecule has 0 bridgehead atoms. The van der Waals surface area contributed by atoms with Gasteiger partial charge in [0.2, 0.25) is 5.75 Å². The Morgan fingerprint density at radius 2 is 1.86 bits per heavy atom. The number of phenols is 1. The minimum Gasteiger partial charge on any atom is -0.501 e. The zero-order valence-corrected chi connectivity index (χ0v) is 16.9. The zero-order chi connectivity index (χ0) is 21.0. The van der Waals surface area contributed by atoms with E-state index in [1.165, 1.54) is 12.1 Å². The monoisotopic (exact) mass is 456 g/mol. The molecule has 29 heavy (non-hydrogen) atoms. The zero-order valence-electron chi connectivity index (χ0n) is 15.3. The lowest BCUT2D eigenvalue weighted by atomic mass is 10.1. The smallest absolute Gasteiger partial charge is 0.312 e. The first kappa shape index (κ1) is 20.4. The average Bonchev–Trinajstić information content (AvgIpc) is 2.74. The SMILES string of the molecule is N#C/C(=C/c1cc(Br)c(O)c([N+](=O)[O-])c1)C(=O)N1CCN(c2ccccc2)CC1. The van der Waals surface area contributed by atoms with Crippen LogP contribution in [-0.2, 0) is 4.79 Å². The summed E-state index contributed by atoms with van der Waals surface area (Å²) in [6.07, 6.45) is 1.29. The first-order chi connectivity index (χ1) is 13.9. The molecule has 0 atom stereocenters. The summed E-state index contributed by atoms with van der Waals surface area (Å²) in [6, 6.07) is 14.3. The Kier molecular flexibility index (Phi) is 6.14. The van der Waals surface area contributed by atoms with Crippen molar-refractivity contribution in [2.45, 2.75) is 0 Å². The van der Waals surface area contributed by atoms with Crippen LogP contribution in [0.5, 0.6) is 5.75 Å². The van der Waals surface area contributed by atoms with Gasteiger partial charge in [0.1, 0.15) is 11.6 Å². The maximum atomic E-state index is 12.8. The molecule has 0 unspecified atom stereocenters. The Bertz CT molecular complexity index is 1010. The van der Waals surface area contributed by atoms with Crippen molar-refractivity contribution >= 4 is 39.3 Å². The Hall–Kier alpha value is -3.38. The van der Waals surface area contributed by atoms with E-state index >= 15 is 0 Å². The molecule has 1 fully saturated rings. The minimum atomic E-state index is -0.728. The molecule has 2 aromatic rings. The number of amides is 1. The van der Waals surface area contributed by atoms with E-state index in [4.69, 9.17) is 0 Å². The number of rotatable bonds is 4. The highest BCUT2D eigenvalue weighted by atomic mass is 79.9. The predicted octanol–water partition coefficient (Wildman–Crippen LogP) is 3.32. The molecular weight excluding hydrogens is 440 g/mol. The fraction of sp³-hybridized carbons (Fsp3) is 0.200. The van der Waals surface area contributed by atoms with Crippen LogP contribution in [0.2, 0.25) is 0 Å². The van der Waals surface area contributed by atoms with Crippen LogP contribution < -0.4 is 4.90 Å².